The number of amidine groups is 1. The molecule has 2 aromatic carbocycles. The molecule has 1 heterocycles. The van der Waals surface area contributed by atoms with Gasteiger partial charge in [-0.2, -0.15) is 4.39 Å². The number of amides is 1. The summed E-state index contributed by atoms with van der Waals surface area (Å²) in [5, 5.41) is 8.87. The summed E-state index contributed by atoms with van der Waals surface area (Å²) in [6.07, 6.45) is 0.0953. The lowest BCUT2D eigenvalue weighted by Gasteiger charge is -2.37. The van der Waals surface area contributed by atoms with Gasteiger partial charge in [0, 0.05) is 26.2 Å². The third-order valence-electron chi connectivity index (χ3n) is 7.74. The number of carbonyl (C=O) groups is 2. The Bertz CT molecular complexity index is 1670. The molecule has 1 aliphatic carbocycles. The van der Waals surface area contributed by atoms with E-state index in [-0.39, 0.29) is 34.3 Å². The van der Waals surface area contributed by atoms with Gasteiger partial charge in [0.05, 0.1) is 10.4 Å². The number of ether oxygens (including phenoxy) is 2. The number of rotatable bonds is 10. The Hall–Kier alpha value is -3.07. The maximum atomic E-state index is 15.6. The lowest BCUT2D eigenvalue weighted by molar-refractivity contribution is -0.137. The second-order valence-corrected chi connectivity index (χ2v) is 22.6. The summed E-state index contributed by atoms with van der Waals surface area (Å²) < 4.78 is 66.5. The Kier molecular flexibility index (Phi) is 9.99. The maximum Gasteiger partial charge on any atom is 0.418 e. The van der Waals surface area contributed by atoms with Gasteiger partial charge in [0.25, 0.3) is 0 Å². The van der Waals surface area contributed by atoms with Crippen molar-refractivity contribution in [3.05, 3.63) is 70.6 Å². The number of carbonyl (C=O) groups excluding carboxylic acids is 1. The van der Waals surface area contributed by atoms with Crippen molar-refractivity contribution in [1.82, 2.24) is 4.90 Å². The van der Waals surface area contributed by atoms with E-state index in [2.05, 4.69) is 19.6 Å². The minimum absolute atomic E-state index is 0.0147. The fraction of sp³-hybridized carbons (Fsp3) is 0.469. The van der Waals surface area contributed by atoms with Gasteiger partial charge >= 0.3 is 12.1 Å². The first-order chi connectivity index (χ1) is 21.2. The lowest BCUT2D eigenvalue weighted by atomic mass is 9.85. The monoisotopic (exact) mass is 694 g/mol. The van der Waals surface area contributed by atoms with Crippen molar-refractivity contribution >= 4 is 53.0 Å². The van der Waals surface area contributed by atoms with Crippen LogP contribution in [0.25, 0.3) is 6.08 Å². The number of hydrogen-bond donors (Lipinski definition) is 1. The van der Waals surface area contributed by atoms with Crippen LogP contribution >= 0.6 is 11.8 Å². The summed E-state index contributed by atoms with van der Waals surface area (Å²) in [4.78, 5) is 31.8. The highest BCUT2D eigenvalue weighted by Crippen LogP contribution is 2.66. The number of sulfone groups is 1. The molecule has 0 radical (unpaired) electrons. The first-order valence-corrected chi connectivity index (χ1v) is 20.8. The number of nitrogens with zero attached hydrogens (tertiary/aromatic N) is 2. The molecular weight excluding hydrogens is 655 g/mol. The number of benzene rings is 2. The molecule has 14 heteroatoms. The molecule has 1 fully saturated rings. The van der Waals surface area contributed by atoms with Crippen molar-refractivity contribution in [3.8, 4) is 0 Å². The molecule has 1 N–H and O–H groups in total. The third kappa shape index (κ3) is 7.72. The van der Waals surface area contributed by atoms with Crippen molar-refractivity contribution in [1.29, 1.82) is 0 Å². The van der Waals surface area contributed by atoms with E-state index >= 15 is 8.78 Å². The van der Waals surface area contributed by atoms with Crippen molar-refractivity contribution in [2.24, 2.45) is 10.9 Å². The van der Waals surface area contributed by atoms with E-state index in [9.17, 15) is 23.1 Å². The molecule has 1 saturated carbocycles. The van der Waals surface area contributed by atoms with Crippen LogP contribution in [0.4, 0.5) is 13.6 Å². The van der Waals surface area contributed by atoms with Gasteiger partial charge in [-0.15, -0.1) is 0 Å². The number of fused-ring (bicyclic) bond motifs is 1. The Morgan fingerprint density at radius 2 is 1.83 bits per heavy atom. The van der Waals surface area contributed by atoms with E-state index in [1.165, 1.54) is 36.4 Å². The molecule has 1 amide bonds. The van der Waals surface area contributed by atoms with E-state index in [0.717, 1.165) is 34.8 Å². The molecule has 0 saturated heterocycles. The number of halogens is 2. The van der Waals surface area contributed by atoms with Crippen LogP contribution in [0.1, 0.15) is 45.2 Å². The summed E-state index contributed by atoms with van der Waals surface area (Å²) in [7, 11) is -5.94. The molecule has 0 bridgehead atoms. The second kappa shape index (κ2) is 12.9. The zero-order chi connectivity index (χ0) is 34.3. The van der Waals surface area contributed by atoms with E-state index < -0.39 is 62.8 Å². The topological polar surface area (TPSA) is 123 Å². The highest BCUT2D eigenvalue weighted by Gasteiger charge is 2.72. The van der Waals surface area contributed by atoms with Gasteiger partial charge in [-0.25, -0.2) is 22.5 Å². The predicted octanol–water partition coefficient (Wildman–Crippen LogP) is 7.28. The van der Waals surface area contributed by atoms with Crippen LogP contribution in [-0.2, 0) is 29.6 Å². The third-order valence-corrected chi connectivity index (χ3v) is 12.5. The molecule has 250 valence electrons. The first kappa shape index (κ1) is 35.8. The number of thioether (sulfide) groups is 1. The average molecular weight is 695 g/mol. The molecule has 46 heavy (non-hydrogen) atoms. The standard InChI is InChI=1S/C32H40F2N2O7S2Si/c1-30(2,3)43-29(39)36(20-42-15-16-46(5,6)7)28-35-31(4,25-19-32(25,44-28)27(37)38)23-17-21(13-14-24(23)33)18-26(34)45(40,41)22-11-9-8-10-12-22/h8-14,17-18,25H,15-16,19-20H2,1-7H3,(H,37,38). The second-order valence-electron chi connectivity index (χ2n) is 13.9. The molecule has 3 atom stereocenters. The Balaban J connectivity index is 1.78. The van der Waals surface area contributed by atoms with Crippen LogP contribution in [-0.4, -0.2) is 67.4 Å². The average Bonchev–Trinajstić information content (AvgIpc) is 3.70. The summed E-state index contributed by atoms with van der Waals surface area (Å²) in [5.41, 5.74) is -2.45. The minimum atomic E-state index is -4.47. The van der Waals surface area contributed by atoms with Crippen molar-refractivity contribution in [2.75, 3.05) is 13.3 Å². The Morgan fingerprint density at radius 3 is 2.41 bits per heavy atom. The smallest absolute Gasteiger partial charge is 0.418 e. The summed E-state index contributed by atoms with van der Waals surface area (Å²) in [6, 6.07) is 11.4. The highest BCUT2D eigenvalue weighted by atomic mass is 32.2. The molecular formula is C32H40F2N2O7S2Si. The largest absolute Gasteiger partial charge is 0.480 e. The van der Waals surface area contributed by atoms with Gasteiger partial charge in [-0.05, 0) is 76.1 Å². The molecule has 0 aromatic heterocycles. The molecule has 2 aliphatic rings. The zero-order valence-electron chi connectivity index (χ0n) is 27.0. The van der Waals surface area contributed by atoms with Gasteiger partial charge in [-0.3, -0.25) is 9.79 Å². The van der Waals surface area contributed by atoms with Crippen molar-refractivity contribution in [2.45, 2.75) is 80.6 Å². The predicted molar refractivity (Wildman–Crippen MR) is 177 cm³/mol. The number of aliphatic imine (C=N–C) groups is 1. The van der Waals surface area contributed by atoms with Crippen LogP contribution in [0.3, 0.4) is 0 Å². The number of carboxylic acids is 1. The van der Waals surface area contributed by atoms with Crippen LogP contribution in [0.2, 0.25) is 25.7 Å². The Morgan fingerprint density at radius 1 is 1.17 bits per heavy atom. The Labute approximate surface area is 274 Å². The van der Waals surface area contributed by atoms with Crippen LogP contribution in [0, 0.1) is 11.7 Å². The normalized spacial score (nSPS) is 23.3. The van der Waals surface area contributed by atoms with Crippen molar-refractivity contribution in [3.63, 3.8) is 0 Å². The minimum Gasteiger partial charge on any atom is -0.480 e. The van der Waals surface area contributed by atoms with Gasteiger partial charge < -0.3 is 14.6 Å². The van der Waals surface area contributed by atoms with E-state index in [1.54, 1.807) is 33.8 Å². The number of aliphatic carboxylic acids is 1. The van der Waals surface area contributed by atoms with Crippen LogP contribution < -0.4 is 0 Å². The van der Waals surface area contributed by atoms with Gasteiger partial charge in [0.1, 0.15) is 22.9 Å². The van der Waals surface area contributed by atoms with Crippen LogP contribution in [0.5, 0.6) is 0 Å². The van der Waals surface area contributed by atoms with Gasteiger partial charge in [0.2, 0.25) is 15.0 Å². The molecule has 4 rings (SSSR count). The van der Waals surface area contributed by atoms with Crippen LogP contribution in [0.15, 0.2) is 63.6 Å². The lowest BCUT2D eigenvalue weighted by Crippen LogP contribution is -2.47. The van der Waals surface area contributed by atoms with Gasteiger partial charge in [-0.1, -0.05) is 55.7 Å². The molecule has 9 nitrogen and oxygen atoms in total. The van der Waals surface area contributed by atoms with E-state index in [4.69, 9.17) is 14.5 Å². The summed E-state index contributed by atoms with van der Waals surface area (Å²) >= 11 is 0.891. The fourth-order valence-corrected chi connectivity index (χ4v) is 8.39. The fourth-order valence-electron chi connectivity index (χ4n) is 5.09. The highest BCUT2D eigenvalue weighted by molar-refractivity contribution is 8.15. The number of carboxylic acid groups (broad SMARTS) is 1. The maximum absolute atomic E-state index is 15.6. The van der Waals surface area contributed by atoms with E-state index in [1.807, 2.05) is 0 Å². The molecule has 2 aromatic rings. The molecule has 3 unspecified atom stereocenters. The molecule has 0 spiro atoms. The summed E-state index contributed by atoms with van der Waals surface area (Å²) in [6.45, 7) is 13.3. The van der Waals surface area contributed by atoms with E-state index in [0.29, 0.717) is 6.61 Å². The van der Waals surface area contributed by atoms with Crippen molar-refractivity contribution < 1.29 is 41.4 Å². The zero-order valence-corrected chi connectivity index (χ0v) is 29.6. The first-order valence-electron chi connectivity index (χ1n) is 14.8. The molecule has 1 aliphatic heterocycles. The number of hydrogen-bond acceptors (Lipinski definition) is 8. The van der Waals surface area contributed by atoms with Gasteiger partial charge in [0.15, 0.2) is 5.17 Å². The SMILES string of the molecule is CC(C)(C)OC(=O)N(COCC[Si](C)(C)C)C1=NC(C)(c2cc(C=C(F)S(=O)(=O)c3ccccc3)ccc2F)C2CC2(C(=O)O)S1. The summed E-state index contributed by atoms with van der Waals surface area (Å²) in [5.74, 6) is -2.59. The quantitative estimate of drug-likeness (QED) is 0.157.